The van der Waals surface area contributed by atoms with Crippen LogP contribution in [-0.4, -0.2) is 30.0 Å². The fraction of sp³-hybridized carbons (Fsp3) is 0.923. The molecule has 1 unspecified atom stereocenters. The Hall–Kier alpha value is -0.580. The lowest BCUT2D eigenvalue weighted by molar-refractivity contribution is -0.136. The maximum atomic E-state index is 12.5. The van der Waals surface area contributed by atoms with Gasteiger partial charge in [-0.05, 0) is 62.7 Å². The highest BCUT2D eigenvalue weighted by molar-refractivity contribution is 7.93. The van der Waals surface area contributed by atoms with Gasteiger partial charge in [-0.2, -0.15) is 0 Å². The molecule has 0 aromatic rings. The van der Waals surface area contributed by atoms with E-state index in [2.05, 4.69) is 0 Å². The van der Waals surface area contributed by atoms with E-state index in [9.17, 15) is 13.2 Å². The third-order valence-corrected chi connectivity index (χ3v) is 8.08. The lowest BCUT2D eigenvalue weighted by atomic mass is 9.56. The second-order valence-electron chi connectivity index (χ2n) is 6.46. The number of carboxylic acid groups (broad SMARTS) is 1. The van der Waals surface area contributed by atoms with Crippen molar-refractivity contribution in [1.29, 1.82) is 0 Å². The lowest BCUT2D eigenvalue weighted by Crippen LogP contribution is -2.54. The molecule has 4 fully saturated rings. The first-order valence-corrected chi connectivity index (χ1v) is 8.46. The summed E-state index contributed by atoms with van der Waals surface area (Å²) in [5.41, 5.74) is 0. The predicted octanol–water partition coefficient (Wildman–Crippen LogP) is 1.70. The highest BCUT2D eigenvalue weighted by Crippen LogP contribution is 2.56. The van der Waals surface area contributed by atoms with Crippen LogP contribution in [0.15, 0.2) is 0 Å². The Bertz CT molecular complexity index is 439. The summed E-state index contributed by atoms with van der Waals surface area (Å²) < 4.78 is 25.0. The Morgan fingerprint density at radius 3 is 1.89 bits per heavy atom. The highest BCUT2D eigenvalue weighted by Gasteiger charge is 2.54. The minimum Gasteiger partial charge on any atom is -0.480 e. The third-order valence-electron chi connectivity index (χ3n) is 5.36. The molecule has 4 rings (SSSR count). The Balaban J connectivity index is 1.91. The van der Waals surface area contributed by atoms with Crippen LogP contribution >= 0.6 is 0 Å². The zero-order valence-corrected chi connectivity index (χ0v) is 11.4. The van der Waals surface area contributed by atoms with Crippen molar-refractivity contribution >= 4 is 15.8 Å². The van der Waals surface area contributed by atoms with Gasteiger partial charge in [0.05, 0.1) is 5.25 Å². The average Bonchev–Trinajstić information content (AvgIpc) is 2.25. The van der Waals surface area contributed by atoms with Gasteiger partial charge in [-0.25, -0.2) is 8.42 Å². The SMILES string of the molecule is CC(C(=O)O)S(=O)(=O)C1C2CC3CC(C2)CC1C3. The average molecular weight is 272 g/mol. The van der Waals surface area contributed by atoms with Crippen molar-refractivity contribution in [2.45, 2.75) is 49.5 Å². The van der Waals surface area contributed by atoms with Gasteiger partial charge in [-0.15, -0.1) is 0 Å². The summed E-state index contributed by atoms with van der Waals surface area (Å²) in [6.07, 6.45) is 5.28. The van der Waals surface area contributed by atoms with Crippen LogP contribution in [0.1, 0.15) is 39.0 Å². The van der Waals surface area contributed by atoms with Crippen molar-refractivity contribution in [3.63, 3.8) is 0 Å². The third kappa shape index (κ3) is 1.70. The molecule has 0 aliphatic heterocycles. The molecule has 1 atom stereocenters. The molecule has 0 spiro atoms. The number of sulfone groups is 1. The summed E-state index contributed by atoms with van der Waals surface area (Å²) in [5.74, 6) is 0.670. The monoisotopic (exact) mass is 272 g/mol. The molecule has 1 N–H and O–H groups in total. The van der Waals surface area contributed by atoms with Crippen LogP contribution in [0.5, 0.6) is 0 Å². The largest absolute Gasteiger partial charge is 0.480 e. The fourth-order valence-corrected chi connectivity index (χ4v) is 7.06. The normalized spacial score (nSPS) is 43.9. The van der Waals surface area contributed by atoms with E-state index in [1.807, 2.05) is 0 Å². The first kappa shape index (κ1) is 12.5. The molecule has 5 heteroatoms. The first-order chi connectivity index (χ1) is 8.39. The van der Waals surface area contributed by atoms with Crippen LogP contribution in [0.4, 0.5) is 0 Å². The van der Waals surface area contributed by atoms with E-state index in [1.54, 1.807) is 0 Å². The van der Waals surface area contributed by atoms with Gasteiger partial charge in [0.1, 0.15) is 0 Å². The molecule has 102 valence electrons. The number of carbonyl (C=O) groups is 1. The molecular formula is C13H20O4S. The summed E-state index contributed by atoms with van der Waals surface area (Å²) >= 11 is 0. The van der Waals surface area contributed by atoms with E-state index in [1.165, 1.54) is 13.3 Å². The van der Waals surface area contributed by atoms with Crippen LogP contribution < -0.4 is 0 Å². The number of rotatable bonds is 3. The van der Waals surface area contributed by atoms with Gasteiger partial charge >= 0.3 is 5.97 Å². The van der Waals surface area contributed by atoms with Gasteiger partial charge in [-0.1, -0.05) is 0 Å². The quantitative estimate of drug-likeness (QED) is 0.848. The second-order valence-corrected chi connectivity index (χ2v) is 8.89. The Morgan fingerprint density at radius 1 is 1.06 bits per heavy atom. The summed E-state index contributed by atoms with van der Waals surface area (Å²) in [6.45, 7) is 1.32. The molecule has 0 amide bonds. The van der Waals surface area contributed by atoms with Crippen LogP contribution in [-0.2, 0) is 14.6 Å². The summed E-state index contributed by atoms with van der Waals surface area (Å²) in [5, 5.41) is 7.36. The maximum Gasteiger partial charge on any atom is 0.321 e. The van der Waals surface area contributed by atoms with E-state index >= 15 is 0 Å². The molecule has 0 heterocycles. The van der Waals surface area contributed by atoms with E-state index in [4.69, 9.17) is 5.11 Å². The van der Waals surface area contributed by atoms with Crippen LogP contribution in [0.3, 0.4) is 0 Å². The van der Waals surface area contributed by atoms with Gasteiger partial charge in [0.2, 0.25) is 0 Å². The van der Waals surface area contributed by atoms with E-state index in [0.717, 1.165) is 25.7 Å². The molecule has 0 radical (unpaired) electrons. The molecule has 0 saturated heterocycles. The topological polar surface area (TPSA) is 71.4 Å². The minimum absolute atomic E-state index is 0.230. The minimum atomic E-state index is -3.52. The van der Waals surface area contributed by atoms with Crippen LogP contribution in [0.2, 0.25) is 0 Å². The molecule has 4 nitrogen and oxygen atoms in total. The van der Waals surface area contributed by atoms with Crippen molar-refractivity contribution < 1.29 is 18.3 Å². The van der Waals surface area contributed by atoms with Crippen molar-refractivity contribution in [1.82, 2.24) is 0 Å². The molecule has 0 aromatic carbocycles. The standard InChI is InChI=1S/C13H20O4S/c1-7(13(14)15)18(16,17)12-10-3-8-2-9(5-10)6-11(12)4-8/h7-12H,2-6H2,1H3,(H,14,15). The summed E-state index contributed by atoms with van der Waals surface area (Å²) in [4.78, 5) is 11.0. The molecule has 0 aromatic heterocycles. The molecule has 4 bridgehead atoms. The number of hydrogen-bond acceptors (Lipinski definition) is 3. The van der Waals surface area contributed by atoms with Crippen LogP contribution in [0.25, 0.3) is 0 Å². The number of hydrogen-bond donors (Lipinski definition) is 1. The highest BCUT2D eigenvalue weighted by atomic mass is 32.2. The molecule has 4 saturated carbocycles. The number of carboxylic acids is 1. The molecule has 4 aliphatic rings. The Labute approximate surface area is 108 Å². The van der Waals surface area contributed by atoms with Crippen molar-refractivity contribution in [2.24, 2.45) is 23.7 Å². The van der Waals surface area contributed by atoms with Crippen molar-refractivity contribution in [3.8, 4) is 0 Å². The van der Waals surface area contributed by atoms with Gasteiger partial charge in [-0.3, -0.25) is 4.79 Å². The number of aliphatic carboxylic acids is 1. The first-order valence-electron chi connectivity index (χ1n) is 6.85. The van der Waals surface area contributed by atoms with Gasteiger partial charge < -0.3 is 5.11 Å². The zero-order valence-electron chi connectivity index (χ0n) is 10.6. The smallest absolute Gasteiger partial charge is 0.321 e. The fourth-order valence-electron chi connectivity index (χ4n) is 4.79. The molecule has 18 heavy (non-hydrogen) atoms. The summed E-state index contributed by atoms with van der Waals surface area (Å²) in [7, 11) is -3.52. The predicted molar refractivity (Wildman–Crippen MR) is 66.9 cm³/mol. The van der Waals surface area contributed by atoms with Gasteiger partial charge in [0, 0.05) is 0 Å². The van der Waals surface area contributed by atoms with Gasteiger partial charge in [0.15, 0.2) is 15.1 Å². The second kappa shape index (κ2) is 3.95. The van der Waals surface area contributed by atoms with E-state index in [-0.39, 0.29) is 17.1 Å². The lowest BCUT2D eigenvalue weighted by Gasteiger charge is -2.54. The Morgan fingerprint density at radius 2 is 1.50 bits per heavy atom. The maximum absolute atomic E-state index is 12.5. The Kier molecular flexibility index (Phi) is 2.74. The van der Waals surface area contributed by atoms with Crippen molar-refractivity contribution in [3.05, 3.63) is 0 Å². The molecular weight excluding hydrogens is 252 g/mol. The van der Waals surface area contributed by atoms with E-state index < -0.39 is 21.1 Å². The molecule has 4 aliphatic carbocycles. The van der Waals surface area contributed by atoms with Crippen molar-refractivity contribution in [2.75, 3.05) is 0 Å². The zero-order chi connectivity index (χ0) is 13.1. The van der Waals surface area contributed by atoms with E-state index in [0.29, 0.717) is 11.8 Å². The summed E-state index contributed by atoms with van der Waals surface area (Å²) in [6, 6.07) is 0. The van der Waals surface area contributed by atoms with Gasteiger partial charge in [0.25, 0.3) is 0 Å². The van der Waals surface area contributed by atoms with Crippen LogP contribution in [0, 0.1) is 23.7 Å².